The molecule has 2 aromatic carbocycles. The Labute approximate surface area is 127 Å². The molecule has 0 aliphatic heterocycles. The normalized spacial score (nSPS) is 10.2. The average molecular weight is 278 g/mol. The SMILES string of the molecule is CN(CCc1ccccc1)Cc1cccc(C#CCN)c1. The summed E-state index contributed by atoms with van der Waals surface area (Å²) in [5.74, 6) is 5.98. The first kappa shape index (κ1) is 15.3. The Morgan fingerprint density at radius 2 is 1.76 bits per heavy atom. The number of hydrogen-bond donors (Lipinski definition) is 1. The van der Waals surface area contributed by atoms with Crippen molar-refractivity contribution in [3.8, 4) is 11.8 Å². The maximum Gasteiger partial charge on any atom is 0.0555 e. The molecule has 2 aromatic rings. The molecule has 2 nitrogen and oxygen atoms in total. The smallest absolute Gasteiger partial charge is 0.0555 e. The molecule has 0 fully saturated rings. The summed E-state index contributed by atoms with van der Waals surface area (Å²) in [5.41, 5.74) is 9.11. The van der Waals surface area contributed by atoms with E-state index in [0.717, 1.165) is 25.1 Å². The number of nitrogens with two attached hydrogens (primary N) is 1. The first-order chi connectivity index (χ1) is 10.3. The summed E-state index contributed by atoms with van der Waals surface area (Å²) in [6, 6.07) is 19.0. The van der Waals surface area contributed by atoms with Crippen LogP contribution >= 0.6 is 0 Å². The van der Waals surface area contributed by atoms with Gasteiger partial charge in [-0.2, -0.15) is 0 Å². The zero-order valence-corrected chi connectivity index (χ0v) is 12.5. The number of hydrogen-bond acceptors (Lipinski definition) is 2. The van der Waals surface area contributed by atoms with Crippen LogP contribution in [0, 0.1) is 11.8 Å². The quantitative estimate of drug-likeness (QED) is 0.852. The third-order valence-corrected chi connectivity index (χ3v) is 3.34. The molecule has 0 aliphatic carbocycles. The molecule has 2 rings (SSSR count). The number of nitrogens with zero attached hydrogens (tertiary/aromatic N) is 1. The molecule has 0 unspecified atom stereocenters. The largest absolute Gasteiger partial charge is 0.320 e. The van der Waals surface area contributed by atoms with E-state index in [1.165, 1.54) is 11.1 Å². The zero-order valence-electron chi connectivity index (χ0n) is 12.5. The summed E-state index contributed by atoms with van der Waals surface area (Å²) in [7, 11) is 2.15. The molecule has 0 aromatic heterocycles. The minimum atomic E-state index is 0.404. The van der Waals surface area contributed by atoms with Gasteiger partial charge in [-0.05, 0) is 36.7 Å². The fourth-order valence-electron chi connectivity index (χ4n) is 2.26. The molecular weight excluding hydrogens is 256 g/mol. The summed E-state index contributed by atoms with van der Waals surface area (Å²) < 4.78 is 0. The van der Waals surface area contributed by atoms with Crippen molar-refractivity contribution >= 4 is 0 Å². The Hall–Kier alpha value is -2.08. The van der Waals surface area contributed by atoms with Gasteiger partial charge in [0.1, 0.15) is 0 Å². The van der Waals surface area contributed by atoms with Crippen molar-refractivity contribution < 1.29 is 0 Å². The molecule has 0 atom stereocenters. The van der Waals surface area contributed by atoms with E-state index in [0.29, 0.717) is 6.54 Å². The highest BCUT2D eigenvalue weighted by Crippen LogP contribution is 2.08. The molecule has 0 saturated carbocycles. The zero-order chi connectivity index (χ0) is 14.9. The summed E-state index contributed by atoms with van der Waals surface area (Å²) in [6.07, 6.45) is 1.07. The summed E-state index contributed by atoms with van der Waals surface area (Å²) >= 11 is 0. The van der Waals surface area contributed by atoms with E-state index in [1.807, 2.05) is 6.07 Å². The Morgan fingerprint density at radius 1 is 1.00 bits per heavy atom. The van der Waals surface area contributed by atoms with Crippen LogP contribution in [0.4, 0.5) is 0 Å². The Bertz CT molecular complexity index is 608. The fourth-order valence-corrected chi connectivity index (χ4v) is 2.26. The second kappa shape index (κ2) is 8.26. The van der Waals surface area contributed by atoms with E-state index < -0.39 is 0 Å². The number of rotatable bonds is 5. The van der Waals surface area contributed by atoms with Crippen LogP contribution in [0.1, 0.15) is 16.7 Å². The third-order valence-electron chi connectivity index (χ3n) is 3.34. The van der Waals surface area contributed by atoms with Crippen molar-refractivity contribution in [3.05, 3.63) is 71.3 Å². The molecule has 0 spiro atoms. The van der Waals surface area contributed by atoms with Gasteiger partial charge in [0.2, 0.25) is 0 Å². The van der Waals surface area contributed by atoms with Crippen molar-refractivity contribution in [2.45, 2.75) is 13.0 Å². The topological polar surface area (TPSA) is 29.3 Å². The highest BCUT2D eigenvalue weighted by Gasteiger charge is 2.01. The molecular formula is C19H22N2. The Balaban J connectivity index is 1.89. The Morgan fingerprint density at radius 3 is 2.52 bits per heavy atom. The van der Waals surface area contributed by atoms with Gasteiger partial charge in [-0.25, -0.2) is 0 Å². The van der Waals surface area contributed by atoms with Gasteiger partial charge in [0.15, 0.2) is 0 Å². The number of benzene rings is 2. The predicted molar refractivity (Wildman–Crippen MR) is 88.9 cm³/mol. The molecule has 2 N–H and O–H groups in total. The van der Waals surface area contributed by atoms with Crippen LogP contribution < -0.4 is 5.73 Å². The van der Waals surface area contributed by atoms with Crippen LogP contribution in [0.15, 0.2) is 54.6 Å². The molecule has 21 heavy (non-hydrogen) atoms. The van der Waals surface area contributed by atoms with Gasteiger partial charge in [-0.15, -0.1) is 0 Å². The van der Waals surface area contributed by atoms with Gasteiger partial charge in [0, 0.05) is 18.7 Å². The van der Waals surface area contributed by atoms with Gasteiger partial charge in [-0.3, -0.25) is 0 Å². The van der Waals surface area contributed by atoms with Crippen LogP contribution in [0.2, 0.25) is 0 Å². The van der Waals surface area contributed by atoms with Gasteiger partial charge < -0.3 is 10.6 Å². The van der Waals surface area contributed by atoms with Gasteiger partial charge >= 0.3 is 0 Å². The van der Waals surface area contributed by atoms with E-state index in [-0.39, 0.29) is 0 Å². The lowest BCUT2D eigenvalue weighted by Gasteiger charge is -2.16. The third kappa shape index (κ3) is 5.43. The predicted octanol–water partition coefficient (Wildman–Crippen LogP) is 2.67. The summed E-state index contributed by atoms with van der Waals surface area (Å²) in [4.78, 5) is 2.34. The van der Waals surface area contributed by atoms with E-state index in [2.05, 4.69) is 72.3 Å². The van der Waals surface area contributed by atoms with Gasteiger partial charge in [0.05, 0.1) is 6.54 Å². The first-order valence-corrected chi connectivity index (χ1v) is 7.28. The van der Waals surface area contributed by atoms with Crippen molar-refractivity contribution in [3.63, 3.8) is 0 Å². The van der Waals surface area contributed by atoms with Crippen molar-refractivity contribution in [1.82, 2.24) is 4.90 Å². The molecule has 0 saturated heterocycles. The van der Waals surface area contributed by atoms with Crippen LogP contribution in [-0.4, -0.2) is 25.0 Å². The van der Waals surface area contributed by atoms with Crippen molar-refractivity contribution in [2.24, 2.45) is 5.73 Å². The van der Waals surface area contributed by atoms with Crippen LogP contribution in [0.5, 0.6) is 0 Å². The van der Waals surface area contributed by atoms with E-state index in [4.69, 9.17) is 5.73 Å². The molecule has 0 radical (unpaired) electrons. The van der Waals surface area contributed by atoms with E-state index in [1.54, 1.807) is 0 Å². The lowest BCUT2D eigenvalue weighted by molar-refractivity contribution is 0.331. The Kier molecular flexibility index (Phi) is 6.02. The standard InChI is InChI=1S/C19H22N2/c1-21(14-12-17-7-3-2-4-8-17)16-19-10-5-9-18(15-19)11-6-13-20/h2-5,7-10,15H,12-14,16,20H2,1H3. The maximum absolute atomic E-state index is 5.41. The average Bonchev–Trinajstić information content (AvgIpc) is 2.52. The molecule has 108 valence electrons. The lowest BCUT2D eigenvalue weighted by Crippen LogP contribution is -2.20. The van der Waals surface area contributed by atoms with Gasteiger partial charge in [0.25, 0.3) is 0 Å². The minimum absolute atomic E-state index is 0.404. The van der Waals surface area contributed by atoms with Crippen molar-refractivity contribution in [1.29, 1.82) is 0 Å². The second-order valence-electron chi connectivity index (χ2n) is 5.18. The van der Waals surface area contributed by atoms with Crippen LogP contribution in [-0.2, 0) is 13.0 Å². The van der Waals surface area contributed by atoms with E-state index in [9.17, 15) is 0 Å². The highest BCUT2D eigenvalue weighted by molar-refractivity contribution is 5.37. The lowest BCUT2D eigenvalue weighted by atomic mass is 10.1. The molecule has 0 aliphatic rings. The number of likely N-dealkylation sites (N-methyl/N-ethyl adjacent to an activating group) is 1. The molecule has 0 bridgehead atoms. The maximum atomic E-state index is 5.41. The monoisotopic (exact) mass is 278 g/mol. The summed E-state index contributed by atoms with van der Waals surface area (Å²) in [6.45, 7) is 2.38. The summed E-state index contributed by atoms with van der Waals surface area (Å²) in [5, 5.41) is 0. The molecule has 0 amide bonds. The minimum Gasteiger partial charge on any atom is -0.320 e. The first-order valence-electron chi connectivity index (χ1n) is 7.28. The second-order valence-corrected chi connectivity index (χ2v) is 5.18. The van der Waals surface area contributed by atoms with Crippen LogP contribution in [0.25, 0.3) is 0 Å². The highest BCUT2D eigenvalue weighted by atomic mass is 15.1. The van der Waals surface area contributed by atoms with Crippen LogP contribution in [0.3, 0.4) is 0 Å². The molecule has 0 heterocycles. The molecule has 2 heteroatoms. The van der Waals surface area contributed by atoms with Gasteiger partial charge in [-0.1, -0.05) is 54.3 Å². The van der Waals surface area contributed by atoms with Crippen molar-refractivity contribution in [2.75, 3.05) is 20.1 Å². The fraction of sp³-hybridized carbons (Fsp3) is 0.263. The van der Waals surface area contributed by atoms with E-state index >= 15 is 0 Å².